The van der Waals surface area contributed by atoms with Crippen molar-refractivity contribution in [2.75, 3.05) is 24.4 Å². The maximum atomic E-state index is 5.32. The normalized spacial score (nSPS) is 28.4. The van der Waals surface area contributed by atoms with Gasteiger partial charge in [-0.15, -0.1) is 0 Å². The van der Waals surface area contributed by atoms with Crippen molar-refractivity contribution in [3.8, 4) is 6.01 Å². The van der Waals surface area contributed by atoms with E-state index < -0.39 is 0 Å². The molecule has 1 heterocycles. The lowest BCUT2D eigenvalue weighted by Gasteiger charge is -2.21. The molecule has 3 unspecified atom stereocenters. The molecule has 2 aliphatic rings. The van der Waals surface area contributed by atoms with Crippen molar-refractivity contribution in [2.24, 2.45) is 23.6 Å². The van der Waals surface area contributed by atoms with E-state index in [0.717, 1.165) is 24.3 Å². The number of nitrogens with two attached hydrogens (primary N) is 1. The second-order valence-electron chi connectivity index (χ2n) is 5.43. The van der Waals surface area contributed by atoms with Crippen molar-refractivity contribution in [3.63, 3.8) is 0 Å². The number of fused-ring (bicyclic) bond motifs is 2. The number of rotatable bonds is 5. The Balaban J connectivity index is 1.63. The standard InChI is InChI=1S/C12H20N6O/c1-19-12-16-10(15-11(17-12)18-13)14-6-9-5-7-2-3-8(9)4-7/h7-9H,2-6,13H2,1H3,(H2,14,15,16,17,18). The van der Waals surface area contributed by atoms with Crippen LogP contribution in [0.4, 0.5) is 11.9 Å². The van der Waals surface area contributed by atoms with Gasteiger partial charge in [-0.25, -0.2) is 5.84 Å². The van der Waals surface area contributed by atoms with E-state index >= 15 is 0 Å². The summed E-state index contributed by atoms with van der Waals surface area (Å²) >= 11 is 0. The molecule has 0 spiro atoms. The maximum absolute atomic E-state index is 5.32. The van der Waals surface area contributed by atoms with Gasteiger partial charge in [0.2, 0.25) is 11.9 Å². The fourth-order valence-corrected chi connectivity index (χ4v) is 3.44. The van der Waals surface area contributed by atoms with Crippen molar-refractivity contribution in [3.05, 3.63) is 0 Å². The first-order chi connectivity index (χ1) is 9.28. The molecular weight excluding hydrogens is 244 g/mol. The van der Waals surface area contributed by atoms with Crippen molar-refractivity contribution in [1.82, 2.24) is 15.0 Å². The Morgan fingerprint density at radius 2 is 2.05 bits per heavy atom. The quantitative estimate of drug-likeness (QED) is 0.539. The van der Waals surface area contributed by atoms with E-state index in [9.17, 15) is 0 Å². The molecule has 104 valence electrons. The third kappa shape index (κ3) is 2.56. The Bertz CT molecular complexity index is 432. The van der Waals surface area contributed by atoms with Crippen LogP contribution < -0.4 is 21.3 Å². The van der Waals surface area contributed by atoms with Gasteiger partial charge < -0.3 is 10.1 Å². The Hall–Kier alpha value is -1.63. The van der Waals surface area contributed by atoms with Crippen LogP contribution in [0.3, 0.4) is 0 Å². The number of nitrogens with one attached hydrogen (secondary N) is 2. The summed E-state index contributed by atoms with van der Waals surface area (Å²) in [6.45, 7) is 0.915. The average molecular weight is 264 g/mol. The van der Waals surface area contributed by atoms with Crippen LogP contribution in [-0.4, -0.2) is 28.6 Å². The number of hydrazine groups is 1. The van der Waals surface area contributed by atoms with Gasteiger partial charge in [0.1, 0.15) is 0 Å². The average Bonchev–Trinajstić information content (AvgIpc) is 3.07. The van der Waals surface area contributed by atoms with E-state index in [1.807, 2.05) is 0 Å². The molecule has 0 saturated heterocycles. The topological polar surface area (TPSA) is 98.0 Å². The van der Waals surface area contributed by atoms with Crippen molar-refractivity contribution < 1.29 is 4.74 Å². The van der Waals surface area contributed by atoms with Gasteiger partial charge in [-0.3, -0.25) is 5.43 Å². The van der Waals surface area contributed by atoms with Gasteiger partial charge in [0.05, 0.1) is 7.11 Å². The highest BCUT2D eigenvalue weighted by Gasteiger charge is 2.39. The summed E-state index contributed by atoms with van der Waals surface area (Å²) in [5.74, 6) is 8.73. The summed E-state index contributed by atoms with van der Waals surface area (Å²) in [5.41, 5.74) is 2.41. The largest absolute Gasteiger partial charge is 0.467 e. The second kappa shape index (κ2) is 5.16. The number of hydrogen-bond donors (Lipinski definition) is 3. The predicted molar refractivity (Wildman–Crippen MR) is 71.6 cm³/mol. The van der Waals surface area contributed by atoms with Gasteiger partial charge >= 0.3 is 6.01 Å². The number of hydrogen-bond acceptors (Lipinski definition) is 7. The zero-order chi connectivity index (χ0) is 13.2. The van der Waals surface area contributed by atoms with Crippen LogP contribution in [0.5, 0.6) is 6.01 Å². The monoisotopic (exact) mass is 264 g/mol. The summed E-state index contributed by atoms with van der Waals surface area (Å²) in [7, 11) is 1.52. The molecule has 1 aromatic rings. The lowest BCUT2D eigenvalue weighted by atomic mass is 9.89. The molecule has 19 heavy (non-hydrogen) atoms. The predicted octanol–water partition coefficient (Wildman–Crippen LogP) is 1.01. The summed E-state index contributed by atoms with van der Waals surface area (Å²) in [6, 6.07) is 0.262. The highest BCUT2D eigenvalue weighted by Crippen LogP contribution is 2.48. The molecule has 0 aromatic carbocycles. The number of anilines is 2. The minimum atomic E-state index is 0.262. The molecule has 7 nitrogen and oxygen atoms in total. The van der Waals surface area contributed by atoms with Crippen LogP contribution >= 0.6 is 0 Å². The lowest BCUT2D eigenvalue weighted by Crippen LogP contribution is -2.22. The van der Waals surface area contributed by atoms with Crippen LogP contribution in [0.25, 0.3) is 0 Å². The fraction of sp³-hybridized carbons (Fsp3) is 0.750. The molecule has 2 aliphatic carbocycles. The van der Waals surface area contributed by atoms with Crippen LogP contribution in [-0.2, 0) is 0 Å². The van der Waals surface area contributed by atoms with E-state index in [-0.39, 0.29) is 6.01 Å². The Morgan fingerprint density at radius 3 is 2.68 bits per heavy atom. The van der Waals surface area contributed by atoms with Crippen LogP contribution in [0, 0.1) is 17.8 Å². The maximum Gasteiger partial charge on any atom is 0.322 e. The number of methoxy groups -OCH3 is 1. The zero-order valence-electron chi connectivity index (χ0n) is 11.1. The molecule has 0 aliphatic heterocycles. The Morgan fingerprint density at radius 1 is 1.21 bits per heavy atom. The first-order valence-corrected chi connectivity index (χ1v) is 6.79. The van der Waals surface area contributed by atoms with E-state index in [0.29, 0.717) is 11.9 Å². The fourth-order valence-electron chi connectivity index (χ4n) is 3.44. The van der Waals surface area contributed by atoms with E-state index in [4.69, 9.17) is 10.6 Å². The molecule has 7 heteroatoms. The summed E-state index contributed by atoms with van der Waals surface area (Å²) in [6.07, 6.45) is 5.54. The molecule has 3 rings (SSSR count). The highest BCUT2D eigenvalue weighted by atomic mass is 16.5. The summed E-state index contributed by atoms with van der Waals surface area (Å²) in [5, 5.41) is 3.28. The zero-order valence-corrected chi connectivity index (χ0v) is 11.1. The van der Waals surface area contributed by atoms with Crippen molar-refractivity contribution in [2.45, 2.75) is 25.7 Å². The van der Waals surface area contributed by atoms with Gasteiger partial charge in [-0.1, -0.05) is 6.42 Å². The van der Waals surface area contributed by atoms with Gasteiger partial charge in [0, 0.05) is 6.54 Å². The second-order valence-corrected chi connectivity index (χ2v) is 5.43. The minimum Gasteiger partial charge on any atom is -0.467 e. The molecule has 0 radical (unpaired) electrons. The van der Waals surface area contributed by atoms with Gasteiger partial charge in [-0.2, -0.15) is 15.0 Å². The lowest BCUT2D eigenvalue weighted by molar-refractivity contribution is 0.347. The van der Waals surface area contributed by atoms with E-state index in [1.165, 1.54) is 32.8 Å². The van der Waals surface area contributed by atoms with Crippen molar-refractivity contribution in [1.29, 1.82) is 0 Å². The number of aromatic nitrogens is 3. The Labute approximate surface area is 112 Å². The highest BCUT2D eigenvalue weighted by molar-refractivity contribution is 5.34. The number of nitrogens with zero attached hydrogens (tertiary/aromatic N) is 3. The smallest absolute Gasteiger partial charge is 0.322 e. The third-order valence-corrected chi connectivity index (χ3v) is 4.33. The molecule has 0 amide bonds. The molecule has 4 N–H and O–H groups in total. The summed E-state index contributed by atoms with van der Waals surface area (Å²) in [4.78, 5) is 12.3. The van der Waals surface area contributed by atoms with Crippen LogP contribution in [0.1, 0.15) is 25.7 Å². The number of nitrogen functional groups attached to an aromatic ring is 1. The van der Waals surface area contributed by atoms with E-state index in [2.05, 4.69) is 25.7 Å². The van der Waals surface area contributed by atoms with Gasteiger partial charge in [0.25, 0.3) is 0 Å². The Kier molecular flexibility index (Phi) is 3.37. The minimum absolute atomic E-state index is 0.262. The number of ether oxygens (including phenoxy) is 1. The molecule has 2 bridgehead atoms. The molecule has 3 atom stereocenters. The third-order valence-electron chi connectivity index (χ3n) is 4.33. The first-order valence-electron chi connectivity index (χ1n) is 6.79. The summed E-state index contributed by atoms with van der Waals surface area (Å²) < 4.78 is 5.02. The molecular formula is C12H20N6O. The first kappa shape index (κ1) is 12.4. The van der Waals surface area contributed by atoms with Crippen LogP contribution in [0.2, 0.25) is 0 Å². The SMILES string of the molecule is COc1nc(NN)nc(NCC2CC3CCC2C3)n1. The van der Waals surface area contributed by atoms with Crippen LogP contribution in [0.15, 0.2) is 0 Å². The molecule has 2 fully saturated rings. The van der Waals surface area contributed by atoms with Crippen molar-refractivity contribution >= 4 is 11.9 Å². The molecule has 1 aromatic heterocycles. The van der Waals surface area contributed by atoms with Gasteiger partial charge in [-0.05, 0) is 37.0 Å². The molecule has 2 saturated carbocycles. The van der Waals surface area contributed by atoms with Gasteiger partial charge in [0.15, 0.2) is 0 Å². The van der Waals surface area contributed by atoms with E-state index in [1.54, 1.807) is 0 Å².